The van der Waals surface area contributed by atoms with E-state index >= 15 is 0 Å². The van der Waals surface area contributed by atoms with Gasteiger partial charge in [0.2, 0.25) is 11.8 Å². The number of nitrogens with zero attached hydrogens (tertiary/aromatic N) is 4. The molecule has 3 heterocycles. The molecule has 170 valence electrons. The number of likely N-dealkylation sites (N-methyl/N-ethyl adjacent to an activating group) is 1. The van der Waals surface area contributed by atoms with Crippen LogP contribution in [0.3, 0.4) is 0 Å². The van der Waals surface area contributed by atoms with E-state index < -0.39 is 5.54 Å². The Labute approximate surface area is 190 Å². The molecular weight excluding hydrogens is 402 g/mol. The summed E-state index contributed by atoms with van der Waals surface area (Å²) in [5.74, 6) is 0.180. The summed E-state index contributed by atoms with van der Waals surface area (Å²) in [7, 11) is 2.16. The number of hydrogen-bond acceptors (Lipinski definition) is 5. The van der Waals surface area contributed by atoms with Crippen LogP contribution in [0.5, 0.6) is 0 Å². The number of benzene rings is 1. The summed E-state index contributed by atoms with van der Waals surface area (Å²) in [5, 5.41) is 12.3. The third-order valence-electron chi connectivity index (χ3n) is 8.31. The highest BCUT2D eigenvalue weighted by Crippen LogP contribution is 2.35. The van der Waals surface area contributed by atoms with Crippen LogP contribution in [0.4, 0.5) is 0 Å². The molecule has 7 nitrogen and oxygen atoms in total. The highest BCUT2D eigenvalue weighted by molar-refractivity contribution is 5.92. The van der Waals surface area contributed by atoms with Gasteiger partial charge in [-0.1, -0.05) is 18.6 Å². The maximum absolute atomic E-state index is 13.2. The number of fused-ring (bicyclic) bond motifs is 1. The normalized spacial score (nSPS) is 28.2. The molecular formula is C25H33N5O2. The van der Waals surface area contributed by atoms with Crippen molar-refractivity contribution in [2.24, 2.45) is 0 Å². The van der Waals surface area contributed by atoms with Gasteiger partial charge in [0.05, 0.1) is 23.6 Å². The van der Waals surface area contributed by atoms with Gasteiger partial charge in [0.25, 0.3) is 0 Å². The van der Waals surface area contributed by atoms with Gasteiger partial charge in [0.1, 0.15) is 6.04 Å². The third-order valence-corrected chi connectivity index (χ3v) is 8.31. The first-order chi connectivity index (χ1) is 15.5. The van der Waals surface area contributed by atoms with Crippen molar-refractivity contribution in [3.63, 3.8) is 0 Å². The molecule has 0 bridgehead atoms. The van der Waals surface area contributed by atoms with Crippen LogP contribution in [0.1, 0.15) is 56.1 Å². The van der Waals surface area contributed by atoms with Crippen LogP contribution in [0.25, 0.3) is 0 Å². The third kappa shape index (κ3) is 4.02. The Balaban J connectivity index is 1.20. The Morgan fingerprint density at radius 3 is 2.50 bits per heavy atom. The number of carbonyl (C=O) groups excluding carboxylic acids is 2. The first-order valence-corrected chi connectivity index (χ1v) is 12.0. The van der Waals surface area contributed by atoms with E-state index in [9.17, 15) is 9.59 Å². The van der Waals surface area contributed by atoms with Crippen molar-refractivity contribution in [2.45, 2.75) is 75.2 Å². The summed E-state index contributed by atoms with van der Waals surface area (Å²) < 4.78 is 0. The van der Waals surface area contributed by atoms with Crippen LogP contribution >= 0.6 is 0 Å². The van der Waals surface area contributed by atoms with E-state index in [-0.39, 0.29) is 17.9 Å². The van der Waals surface area contributed by atoms with Gasteiger partial charge >= 0.3 is 0 Å². The molecule has 0 unspecified atom stereocenters. The molecule has 0 radical (unpaired) electrons. The standard InChI is InChI=1S/C25H33N5O2/c1-28(20-3-2-4-20)21-13-22-24(32)27-25(14-23(31)30(22)17-21)9-11-29(12-10-25)16-19-7-5-18(15-26)6-8-19/h5-8,20-22H,2-4,9-14,16-17H2,1H3,(H,27,32)/t21-,22-/m0/s1. The molecule has 2 amide bonds. The van der Waals surface area contributed by atoms with Crippen molar-refractivity contribution >= 4 is 11.8 Å². The minimum atomic E-state index is -0.408. The second-order valence-electron chi connectivity index (χ2n) is 10.2. The highest BCUT2D eigenvalue weighted by Gasteiger charge is 2.50. The molecule has 2 atom stereocenters. The minimum absolute atomic E-state index is 0.0425. The summed E-state index contributed by atoms with van der Waals surface area (Å²) >= 11 is 0. The molecule has 3 saturated heterocycles. The lowest BCUT2D eigenvalue weighted by molar-refractivity contribution is -0.135. The van der Waals surface area contributed by atoms with Gasteiger partial charge in [-0.05, 0) is 56.8 Å². The molecule has 5 rings (SSSR count). The molecule has 7 heteroatoms. The summed E-state index contributed by atoms with van der Waals surface area (Å²) in [6, 6.07) is 10.5. The number of hydrogen-bond donors (Lipinski definition) is 1. The Kier molecular flexibility index (Phi) is 5.68. The zero-order valence-electron chi connectivity index (χ0n) is 18.9. The van der Waals surface area contributed by atoms with E-state index in [1.165, 1.54) is 24.8 Å². The maximum atomic E-state index is 13.2. The molecule has 0 aromatic heterocycles. The van der Waals surface area contributed by atoms with Crippen LogP contribution in [-0.4, -0.2) is 76.9 Å². The van der Waals surface area contributed by atoms with Crippen molar-refractivity contribution in [3.05, 3.63) is 35.4 Å². The van der Waals surface area contributed by atoms with Crippen LogP contribution in [-0.2, 0) is 16.1 Å². The van der Waals surface area contributed by atoms with Crippen LogP contribution in [0, 0.1) is 11.3 Å². The number of likely N-dealkylation sites (tertiary alicyclic amines) is 1. The van der Waals surface area contributed by atoms with Crippen molar-refractivity contribution in [1.29, 1.82) is 5.26 Å². The molecule has 1 aromatic carbocycles. The Bertz CT molecular complexity index is 883. The lowest BCUT2D eigenvalue weighted by Gasteiger charge is -2.41. The zero-order chi connectivity index (χ0) is 22.3. The lowest BCUT2D eigenvalue weighted by Crippen LogP contribution is -2.56. The van der Waals surface area contributed by atoms with Gasteiger partial charge in [-0.15, -0.1) is 0 Å². The monoisotopic (exact) mass is 435 g/mol. The maximum Gasteiger partial charge on any atom is 0.243 e. The molecule has 32 heavy (non-hydrogen) atoms. The highest BCUT2D eigenvalue weighted by atomic mass is 16.2. The number of amides is 2. The lowest BCUT2D eigenvalue weighted by atomic mass is 9.83. The topological polar surface area (TPSA) is 79.7 Å². The van der Waals surface area contributed by atoms with Gasteiger partial charge in [-0.2, -0.15) is 5.26 Å². The van der Waals surface area contributed by atoms with Crippen LogP contribution < -0.4 is 5.32 Å². The van der Waals surface area contributed by atoms with Gasteiger partial charge in [-0.25, -0.2) is 0 Å². The smallest absolute Gasteiger partial charge is 0.243 e. The summed E-state index contributed by atoms with van der Waals surface area (Å²) in [4.78, 5) is 33.1. The van der Waals surface area contributed by atoms with Crippen molar-refractivity contribution in [2.75, 3.05) is 26.7 Å². The van der Waals surface area contributed by atoms with Gasteiger partial charge in [0.15, 0.2) is 0 Å². The Morgan fingerprint density at radius 2 is 1.88 bits per heavy atom. The van der Waals surface area contributed by atoms with E-state index in [0.29, 0.717) is 30.6 Å². The summed E-state index contributed by atoms with van der Waals surface area (Å²) in [6.07, 6.45) is 6.53. The van der Waals surface area contributed by atoms with E-state index in [0.717, 1.165) is 38.9 Å². The average Bonchev–Trinajstić information content (AvgIpc) is 3.17. The van der Waals surface area contributed by atoms with Crippen molar-refractivity contribution in [3.8, 4) is 6.07 Å². The largest absolute Gasteiger partial charge is 0.348 e. The fourth-order valence-corrected chi connectivity index (χ4v) is 5.89. The predicted molar refractivity (Wildman–Crippen MR) is 120 cm³/mol. The number of carbonyl (C=O) groups is 2. The minimum Gasteiger partial charge on any atom is -0.348 e. The van der Waals surface area contributed by atoms with Crippen molar-refractivity contribution in [1.82, 2.24) is 20.0 Å². The molecule has 1 saturated carbocycles. The second kappa shape index (κ2) is 8.49. The fraction of sp³-hybridized carbons (Fsp3) is 0.640. The summed E-state index contributed by atoms with van der Waals surface area (Å²) in [6.45, 7) is 3.22. The Morgan fingerprint density at radius 1 is 1.16 bits per heavy atom. The van der Waals surface area contributed by atoms with Crippen LogP contribution in [0.2, 0.25) is 0 Å². The molecule has 1 aromatic rings. The number of nitriles is 1. The SMILES string of the molecule is CN(C1CCC1)[C@H]1C[C@H]2C(=O)NC3(CCN(Cc4ccc(C#N)cc4)CC3)CC(=O)N2C1. The molecule has 3 aliphatic heterocycles. The van der Waals surface area contributed by atoms with E-state index in [2.05, 4.69) is 28.2 Å². The molecule has 1 aliphatic carbocycles. The first kappa shape index (κ1) is 21.4. The van der Waals surface area contributed by atoms with Gasteiger partial charge < -0.3 is 10.2 Å². The van der Waals surface area contributed by atoms with E-state index in [1.807, 2.05) is 29.2 Å². The zero-order valence-corrected chi connectivity index (χ0v) is 18.9. The first-order valence-electron chi connectivity index (χ1n) is 12.0. The average molecular weight is 436 g/mol. The van der Waals surface area contributed by atoms with Crippen molar-refractivity contribution < 1.29 is 9.59 Å². The predicted octanol–water partition coefficient (Wildman–Crippen LogP) is 1.87. The van der Waals surface area contributed by atoms with E-state index in [1.54, 1.807) is 0 Å². The molecule has 1 N–H and O–H groups in total. The van der Waals surface area contributed by atoms with Crippen LogP contribution in [0.15, 0.2) is 24.3 Å². The Hall–Kier alpha value is -2.43. The summed E-state index contributed by atoms with van der Waals surface area (Å²) in [5.41, 5.74) is 1.45. The second-order valence-corrected chi connectivity index (χ2v) is 10.2. The molecule has 1 spiro atoms. The molecule has 4 aliphatic rings. The van der Waals surface area contributed by atoms with Gasteiger partial charge in [-0.3, -0.25) is 19.4 Å². The fourth-order valence-electron chi connectivity index (χ4n) is 5.89. The number of piperidine rings is 1. The number of nitrogens with one attached hydrogen (secondary N) is 1. The quantitative estimate of drug-likeness (QED) is 0.781. The van der Waals surface area contributed by atoms with Gasteiger partial charge in [0, 0.05) is 38.3 Å². The molecule has 4 fully saturated rings. The van der Waals surface area contributed by atoms with E-state index in [4.69, 9.17) is 5.26 Å². The number of rotatable bonds is 4.